The van der Waals surface area contributed by atoms with E-state index in [9.17, 15) is 4.79 Å². The Bertz CT molecular complexity index is 1040. The molecular formula is C23H25Cl2N3O2. The lowest BCUT2D eigenvalue weighted by Crippen LogP contribution is -2.44. The number of amides is 1. The quantitative estimate of drug-likeness (QED) is 0.527. The minimum absolute atomic E-state index is 0.138. The van der Waals surface area contributed by atoms with Crippen molar-refractivity contribution >= 4 is 40.1 Å². The number of morpholine rings is 1. The van der Waals surface area contributed by atoms with E-state index in [0.29, 0.717) is 42.8 Å². The van der Waals surface area contributed by atoms with Crippen molar-refractivity contribution < 1.29 is 9.53 Å². The molecule has 1 amide bonds. The lowest BCUT2D eigenvalue weighted by atomic mass is 10.1. The fourth-order valence-corrected chi connectivity index (χ4v) is 4.35. The van der Waals surface area contributed by atoms with Crippen LogP contribution < -0.4 is 0 Å². The third-order valence-corrected chi connectivity index (χ3v) is 6.24. The first-order valence-corrected chi connectivity index (χ1v) is 11.1. The molecule has 0 saturated carbocycles. The average molecular weight is 446 g/mol. The maximum atomic E-state index is 13.5. The molecule has 5 nitrogen and oxygen atoms in total. The van der Waals surface area contributed by atoms with Gasteiger partial charge in [-0.05, 0) is 36.2 Å². The van der Waals surface area contributed by atoms with Gasteiger partial charge in [0.05, 0.1) is 34.3 Å². The number of benzene rings is 2. The van der Waals surface area contributed by atoms with E-state index in [2.05, 4.69) is 11.5 Å². The predicted octanol–water partition coefficient (Wildman–Crippen LogP) is 5.13. The highest BCUT2D eigenvalue weighted by atomic mass is 35.5. The van der Waals surface area contributed by atoms with Gasteiger partial charge in [-0.1, -0.05) is 54.7 Å². The first-order chi connectivity index (χ1) is 14.6. The van der Waals surface area contributed by atoms with Crippen LogP contribution in [0.25, 0.3) is 11.0 Å². The molecule has 0 aliphatic carbocycles. The van der Waals surface area contributed by atoms with Gasteiger partial charge in [0.15, 0.2) is 0 Å². The minimum Gasteiger partial charge on any atom is -0.378 e. The van der Waals surface area contributed by atoms with Crippen LogP contribution in [0.15, 0.2) is 42.5 Å². The number of nitrogens with zero attached hydrogens (tertiary/aromatic N) is 3. The molecular weight excluding hydrogens is 421 g/mol. The van der Waals surface area contributed by atoms with Gasteiger partial charge >= 0.3 is 0 Å². The first-order valence-electron chi connectivity index (χ1n) is 10.3. The first kappa shape index (κ1) is 21.2. The van der Waals surface area contributed by atoms with E-state index in [0.717, 1.165) is 35.3 Å². The average Bonchev–Trinajstić information content (AvgIpc) is 3.12. The third kappa shape index (κ3) is 4.34. The number of hydrogen-bond acceptors (Lipinski definition) is 3. The highest BCUT2D eigenvalue weighted by molar-refractivity contribution is 6.42. The van der Waals surface area contributed by atoms with Crippen molar-refractivity contribution in [2.45, 2.75) is 32.2 Å². The van der Waals surface area contributed by atoms with E-state index >= 15 is 0 Å². The van der Waals surface area contributed by atoms with Crippen LogP contribution in [0.2, 0.25) is 10.0 Å². The molecule has 30 heavy (non-hydrogen) atoms. The molecule has 1 aliphatic rings. The van der Waals surface area contributed by atoms with Crippen molar-refractivity contribution in [1.82, 2.24) is 14.5 Å². The van der Waals surface area contributed by atoms with Crippen LogP contribution in [0.3, 0.4) is 0 Å². The normalized spacial score (nSPS) is 15.5. The van der Waals surface area contributed by atoms with Gasteiger partial charge in [-0.3, -0.25) is 4.79 Å². The summed E-state index contributed by atoms with van der Waals surface area (Å²) in [5, 5.41) is 1.05. The van der Waals surface area contributed by atoms with Crippen molar-refractivity contribution in [3.8, 4) is 0 Å². The van der Waals surface area contributed by atoms with Crippen molar-refractivity contribution in [1.29, 1.82) is 0 Å². The molecule has 1 saturated heterocycles. The Morgan fingerprint density at radius 2 is 1.90 bits per heavy atom. The van der Waals surface area contributed by atoms with Crippen molar-refractivity contribution in [3.63, 3.8) is 0 Å². The number of carbonyl (C=O) groups is 1. The zero-order valence-corrected chi connectivity index (χ0v) is 18.5. The second kappa shape index (κ2) is 9.38. The second-order valence-electron chi connectivity index (χ2n) is 7.55. The summed E-state index contributed by atoms with van der Waals surface area (Å²) in [5.41, 5.74) is 2.88. The molecule has 1 aromatic heterocycles. The van der Waals surface area contributed by atoms with Gasteiger partial charge in [-0.2, -0.15) is 0 Å². The number of carbonyl (C=O) groups excluding carboxylic acids is 1. The van der Waals surface area contributed by atoms with Gasteiger partial charge in [-0.25, -0.2) is 4.98 Å². The fraction of sp³-hybridized carbons (Fsp3) is 0.391. The topological polar surface area (TPSA) is 47.4 Å². The molecule has 158 valence electrons. The smallest absolute Gasteiger partial charge is 0.245 e. The van der Waals surface area contributed by atoms with Crippen molar-refractivity contribution in [2.75, 3.05) is 26.3 Å². The number of imidazole rings is 1. The molecule has 1 atom stereocenters. The zero-order chi connectivity index (χ0) is 21.1. The van der Waals surface area contributed by atoms with E-state index in [1.54, 1.807) is 6.07 Å². The molecule has 0 radical (unpaired) electrons. The van der Waals surface area contributed by atoms with Gasteiger partial charge in [-0.15, -0.1) is 0 Å². The summed E-state index contributed by atoms with van der Waals surface area (Å²) in [6.45, 7) is 4.55. The number of aromatic nitrogens is 2. The molecule has 1 fully saturated rings. The zero-order valence-electron chi connectivity index (χ0n) is 17.0. The summed E-state index contributed by atoms with van der Waals surface area (Å²) in [6, 6.07) is 13.3. The summed E-state index contributed by atoms with van der Waals surface area (Å²) in [6.07, 6.45) is 2.23. The van der Waals surface area contributed by atoms with Crippen LogP contribution >= 0.6 is 23.2 Å². The van der Waals surface area contributed by atoms with Crippen molar-refractivity contribution in [3.05, 3.63) is 63.9 Å². The summed E-state index contributed by atoms with van der Waals surface area (Å²) in [7, 11) is 0. The number of rotatable bonds is 6. The molecule has 0 N–H and O–H groups in total. The van der Waals surface area contributed by atoms with Crippen LogP contribution in [0.1, 0.15) is 37.2 Å². The predicted molar refractivity (Wildman–Crippen MR) is 120 cm³/mol. The van der Waals surface area contributed by atoms with Crippen LogP contribution in [-0.4, -0.2) is 46.7 Å². The molecule has 3 aromatic rings. The highest BCUT2D eigenvalue weighted by Gasteiger charge is 2.29. The lowest BCUT2D eigenvalue weighted by Gasteiger charge is -2.31. The second-order valence-corrected chi connectivity index (χ2v) is 8.37. The van der Waals surface area contributed by atoms with Gasteiger partial charge in [0.2, 0.25) is 5.91 Å². The summed E-state index contributed by atoms with van der Waals surface area (Å²) < 4.78 is 7.56. The number of hydrogen-bond donors (Lipinski definition) is 0. The SMILES string of the molecule is CCCC(C(=O)N1CCOCC1)n1c(Cc2ccc(Cl)c(Cl)c2)nc2ccccc21. The van der Waals surface area contributed by atoms with E-state index in [1.807, 2.05) is 41.3 Å². The molecule has 1 unspecified atom stereocenters. The molecule has 0 bridgehead atoms. The maximum absolute atomic E-state index is 13.5. The number of halogens is 2. The van der Waals surface area contributed by atoms with Gasteiger partial charge in [0.25, 0.3) is 0 Å². The Hall–Kier alpha value is -2.08. The van der Waals surface area contributed by atoms with Gasteiger partial charge < -0.3 is 14.2 Å². The molecule has 4 rings (SSSR count). The molecule has 2 aromatic carbocycles. The Balaban J connectivity index is 1.77. The Kier molecular flexibility index (Phi) is 6.61. The minimum atomic E-state index is -0.293. The van der Waals surface area contributed by atoms with E-state index in [4.69, 9.17) is 32.9 Å². The molecule has 1 aliphatic heterocycles. The summed E-state index contributed by atoms with van der Waals surface area (Å²) in [5.74, 6) is 0.994. The Morgan fingerprint density at radius 1 is 1.13 bits per heavy atom. The van der Waals surface area contributed by atoms with E-state index in [-0.39, 0.29) is 11.9 Å². The molecule has 2 heterocycles. The summed E-state index contributed by atoms with van der Waals surface area (Å²) in [4.78, 5) is 20.3. The standard InChI is InChI=1S/C23H25Cl2N3O2/c1-2-5-21(23(29)27-10-12-30-13-11-27)28-20-7-4-3-6-19(20)26-22(28)15-16-8-9-17(24)18(25)14-16/h3-4,6-9,14,21H,2,5,10-13,15H2,1H3. The number of fused-ring (bicyclic) bond motifs is 1. The highest BCUT2D eigenvalue weighted by Crippen LogP contribution is 2.29. The van der Waals surface area contributed by atoms with Crippen LogP contribution in [-0.2, 0) is 16.0 Å². The van der Waals surface area contributed by atoms with E-state index < -0.39 is 0 Å². The van der Waals surface area contributed by atoms with Crippen LogP contribution in [0, 0.1) is 0 Å². The number of ether oxygens (including phenoxy) is 1. The third-order valence-electron chi connectivity index (χ3n) is 5.50. The molecule has 7 heteroatoms. The number of para-hydroxylation sites is 2. The Labute approximate surface area is 186 Å². The van der Waals surface area contributed by atoms with Gasteiger partial charge in [0.1, 0.15) is 11.9 Å². The largest absolute Gasteiger partial charge is 0.378 e. The monoisotopic (exact) mass is 445 g/mol. The molecule has 0 spiro atoms. The van der Waals surface area contributed by atoms with Gasteiger partial charge in [0, 0.05) is 19.5 Å². The van der Waals surface area contributed by atoms with Crippen LogP contribution in [0.4, 0.5) is 0 Å². The summed E-state index contributed by atoms with van der Waals surface area (Å²) >= 11 is 12.3. The van der Waals surface area contributed by atoms with Crippen molar-refractivity contribution in [2.24, 2.45) is 0 Å². The Morgan fingerprint density at radius 3 is 2.63 bits per heavy atom. The fourth-order valence-electron chi connectivity index (χ4n) is 4.03. The lowest BCUT2D eigenvalue weighted by molar-refractivity contribution is -0.139. The van der Waals surface area contributed by atoms with E-state index in [1.165, 1.54) is 0 Å². The van der Waals surface area contributed by atoms with Crippen LogP contribution in [0.5, 0.6) is 0 Å². The maximum Gasteiger partial charge on any atom is 0.245 e.